The summed E-state index contributed by atoms with van der Waals surface area (Å²) < 4.78 is 5.41. The Morgan fingerprint density at radius 2 is 1.86 bits per heavy atom. The summed E-state index contributed by atoms with van der Waals surface area (Å²) in [6.45, 7) is 1.68. The highest BCUT2D eigenvalue weighted by Gasteiger charge is 2.28. The Labute approximate surface area is 124 Å². The van der Waals surface area contributed by atoms with E-state index in [2.05, 4.69) is 6.07 Å². The zero-order valence-corrected chi connectivity index (χ0v) is 11.7. The number of ether oxygens (including phenoxy) is 1. The van der Waals surface area contributed by atoms with Crippen molar-refractivity contribution in [3.8, 4) is 5.75 Å². The summed E-state index contributed by atoms with van der Waals surface area (Å²) in [6, 6.07) is 17.3. The second kappa shape index (κ2) is 5.97. The molecule has 1 aliphatic rings. The first-order valence-corrected chi connectivity index (χ1v) is 7.07. The molecule has 1 atom stereocenters. The van der Waals surface area contributed by atoms with E-state index in [1.54, 1.807) is 17.0 Å². The third-order valence-electron chi connectivity index (χ3n) is 3.79. The number of hydrogen-bond donors (Lipinski definition) is 1. The lowest BCUT2D eigenvalue weighted by Gasteiger charge is -2.33. The molecule has 0 aliphatic carbocycles. The third-order valence-corrected chi connectivity index (χ3v) is 3.79. The van der Waals surface area contributed by atoms with Crippen molar-refractivity contribution >= 4 is 6.09 Å². The van der Waals surface area contributed by atoms with E-state index in [1.165, 1.54) is 5.56 Å². The lowest BCUT2D eigenvalue weighted by molar-refractivity contribution is 0.142. The van der Waals surface area contributed by atoms with Gasteiger partial charge in [0.25, 0.3) is 0 Å². The Balaban J connectivity index is 1.77. The molecule has 1 unspecified atom stereocenters. The van der Waals surface area contributed by atoms with Gasteiger partial charge in [-0.2, -0.15) is 0 Å². The van der Waals surface area contributed by atoms with Gasteiger partial charge in [-0.15, -0.1) is 0 Å². The minimum atomic E-state index is -0.325. The van der Waals surface area contributed by atoms with Gasteiger partial charge in [-0.25, -0.2) is 4.79 Å². The molecule has 21 heavy (non-hydrogen) atoms. The second-order valence-corrected chi connectivity index (χ2v) is 5.19. The largest absolute Gasteiger partial charge is 0.415 e. The molecule has 0 fully saturated rings. The summed E-state index contributed by atoms with van der Waals surface area (Å²) in [5, 5.41) is 0. The fourth-order valence-corrected chi connectivity index (χ4v) is 2.71. The Morgan fingerprint density at radius 1 is 1.14 bits per heavy atom. The molecule has 0 saturated carbocycles. The molecule has 2 aromatic carbocycles. The topological polar surface area (TPSA) is 55.6 Å². The van der Waals surface area contributed by atoms with Crippen LogP contribution in [0.15, 0.2) is 54.6 Å². The molecule has 4 heteroatoms. The molecule has 0 aromatic heterocycles. The standard InChI is InChI=1S/C17H18N2O2/c18-10-14-12-19(11-13-6-4-5-9-16(13)14)17(20)21-15-7-2-1-3-8-15/h1-9,14H,10-12,18H2. The molecule has 2 aromatic rings. The Morgan fingerprint density at radius 3 is 2.62 bits per heavy atom. The zero-order chi connectivity index (χ0) is 14.7. The molecule has 2 N–H and O–H groups in total. The highest BCUT2D eigenvalue weighted by Crippen LogP contribution is 2.28. The lowest BCUT2D eigenvalue weighted by atomic mass is 9.90. The second-order valence-electron chi connectivity index (χ2n) is 5.19. The molecule has 1 amide bonds. The van der Waals surface area contributed by atoms with E-state index < -0.39 is 0 Å². The van der Waals surface area contributed by atoms with E-state index in [0.29, 0.717) is 25.4 Å². The van der Waals surface area contributed by atoms with Gasteiger partial charge in [0.15, 0.2) is 0 Å². The average molecular weight is 282 g/mol. The molecule has 4 nitrogen and oxygen atoms in total. The number of rotatable bonds is 2. The van der Waals surface area contributed by atoms with Crippen LogP contribution in [-0.2, 0) is 6.54 Å². The fourth-order valence-electron chi connectivity index (χ4n) is 2.71. The van der Waals surface area contributed by atoms with Crippen molar-refractivity contribution in [1.29, 1.82) is 0 Å². The lowest BCUT2D eigenvalue weighted by Crippen LogP contribution is -2.41. The first-order valence-electron chi connectivity index (χ1n) is 7.07. The molecule has 0 saturated heterocycles. The molecule has 0 spiro atoms. The number of para-hydroxylation sites is 1. The molecular weight excluding hydrogens is 264 g/mol. The van der Waals surface area contributed by atoms with Crippen LogP contribution < -0.4 is 10.5 Å². The van der Waals surface area contributed by atoms with Crippen molar-refractivity contribution in [1.82, 2.24) is 4.90 Å². The minimum Gasteiger partial charge on any atom is -0.410 e. The van der Waals surface area contributed by atoms with E-state index in [-0.39, 0.29) is 12.0 Å². The van der Waals surface area contributed by atoms with E-state index in [4.69, 9.17) is 10.5 Å². The van der Waals surface area contributed by atoms with Crippen LogP contribution in [0.4, 0.5) is 4.79 Å². The van der Waals surface area contributed by atoms with Crippen LogP contribution in [0.1, 0.15) is 17.0 Å². The van der Waals surface area contributed by atoms with Gasteiger partial charge in [0.05, 0.1) is 0 Å². The van der Waals surface area contributed by atoms with Gasteiger partial charge in [0.1, 0.15) is 5.75 Å². The van der Waals surface area contributed by atoms with Crippen molar-refractivity contribution in [3.63, 3.8) is 0 Å². The van der Waals surface area contributed by atoms with E-state index in [1.807, 2.05) is 36.4 Å². The molecule has 0 radical (unpaired) electrons. The number of nitrogens with two attached hydrogens (primary N) is 1. The highest BCUT2D eigenvalue weighted by atomic mass is 16.6. The fraction of sp³-hybridized carbons (Fsp3) is 0.235. The van der Waals surface area contributed by atoms with Crippen LogP contribution in [0.5, 0.6) is 5.75 Å². The smallest absolute Gasteiger partial charge is 0.410 e. The van der Waals surface area contributed by atoms with Gasteiger partial charge in [0, 0.05) is 25.6 Å². The van der Waals surface area contributed by atoms with Gasteiger partial charge in [-0.1, -0.05) is 42.5 Å². The maximum Gasteiger partial charge on any atom is 0.415 e. The van der Waals surface area contributed by atoms with Gasteiger partial charge in [-0.3, -0.25) is 0 Å². The van der Waals surface area contributed by atoms with Crippen LogP contribution in [0.2, 0.25) is 0 Å². The Kier molecular flexibility index (Phi) is 3.88. The summed E-state index contributed by atoms with van der Waals surface area (Å²) >= 11 is 0. The number of carbonyl (C=O) groups excluding carboxylic acids is 1. The highest BCUT2D eigenvalue weighted by molar-refractivity contribution is 5.71. The predicted octanol–water partition coefficient (Wildman–Crippen LogP) is 2.74. The van der Waals surface area contributed by atoms with E-state index in [0.717, 1.165) is 5.56 Å². The number of hydrogen-bond acceptors (Lipinski definition) is 3. The monoisotopic (exact) mass is 282 g/mol. The number of benzene rings is 2. The molecule has 108 valence electrons. The molecule has 3 rings (SSSR count). The maximum absolute atomic E-state index is 12.3. The van der Waals surface area contributed by atoms with Crippen LogP contribution in [0.3, 0.4) is 0 Å². The van der Waals surface area contributed by atoms with Crippen molar-refractivity contribution in [3.05, 3.63) is 65.7 Å². The average Bonchev–Trinajstić information content (AvgIpc) is 2.54. The van der Waals surface area contributed by atoms with Gasteiger partial charge in [-0.05, 0) is 23.3 Å². The molecule has 1 aliphatic heterocycles. The number of fused-ring (bicyclic) bond motifs is 1. The van der Waals surface area contributed by atoms with Crippen LogP contribution in [0, 0.1) is 0 Å². The summed E-state index contributed by atoms with van der Waals surface area (Å²) in [6.07, 6.45) is -0.325. The van der Waals surface area contributed by atoms with Crippen LogP contribution in [0.25, 0.3) is 0 Å². The Hall–Kier alpha value is -2.33. The number of nitrogens with zero attached hydrogens (tertiary/aromatic N) is 1. The van der Waals surface area contributed by atoms with Gasteiger partial charge < -0.3 is 15.4 Å². The first-order chi connectivity index (χ1) is 10.3. The molecule has 0 bridgehead atoms. The zero-order valence-electron chi connectivity index (χ0n) is 11.7. The quantitative estimate of drug-likeness (QED) is 0.921. The van der Waals surface area contributed by atoms with Crippen LogP contribution >= 0.6 is 0 Å². The van der Waals surface area contributed by atoms with Gasteiger partial charge in [0.2, 0.25) is 0 Å². The van der Waals surface area contributed by atoms with Crippen molar-refractivity contribution in [2.24, 2.45) is 5.73 Å². The number of carbonyl (C=O) groups is 1. The SMILES string of the molecule is NCC1CN(C(=O)Oc2ccccc2)Cc2ccccc21. The predicted molar refractivity (Wildman–Crippen MR) is 81.1 cm³/mol. The molecular formula is C17H18N2O2. The summed E-state index contributed by atoms with van der Waals surface area (Å²) in [5.41, 5.74) is 8.24. The number of amides is 1. The summed E-state index contributed by atoms with van der Waals surface area (Å²) in [7, 11) is 0. The third kappa shape index (κ3) is 2.90. The normalized spacial score (nSPS) is 17.2. The first kappa shape index (κ1) is 13.6. The van der Waals surface area contributed by atoms with Crippen molar-refractivity contribution in [2.75, 3.05) is 13.1 Å². The van der Waals surface area contributed by atoms with E-state index >= 15 is 0 Å². The van der Waals surface area contributed by atoms with Gasteiger partial charge >= 0.3 is 6.09 Å². The Bertz CT molecular complexity index is 628. The summed E-state index contributed by atoms with van der Waals surface area (Å²) in [4.78, 5) is 14.0. The van der Waals surface area contributed by atoms with Crippen LogP contribution in [-0.4, -0.2) is 24.1 Å². The molecule has 1 heterocycles. The summed E-state index contributed by atoms with van der Waals surface area (Å²) in [5.74, 6) is 0.726. The minimum absolute atomic E-state index is 0.165. The van der Waals surface area contributed by atoms with Crippen molar-refractivity contribution < 1.29 is 9.53 Å². The van der Waals surface area contributed by atoms with E-state index in [9.17, 15) is 4.79 Å². The van der Waals surface area contributed by atoms with Crippen molar-refractivity contribution in [2.45, 2.75) is 12.5 Å². The maximum atomic E-state index is 12.3.